The average Bonchev–Trinajstić information content (AvgIpc) is 3.01. The van der Waals surface area contributed by atoms with Crippen LogP contribution in [-0.2, 0) is 33.3 Å². The molecule has 3 aliphatic rings. The van der Waals surface area contributed by atoms with Gasteiger partial charge in [0.2, 0.25) is 5.91 Å². The lowest BCUT2D eigenvalue weighted by molar-refractivity contribution is -0.295. The number of carbonyl (C=O) groups is 3. The monoisotopic (exact) mass is 668 g/mol. The molecule has 1 N–H and O–H groups in total. The van der Waals surface area contributed by atoms with E-state index in [4.69, 9.17) is 18.9 Å². The van der Waals surface area contributed by atoms with Crippen molar-refractivity contribution in [2.45, 2.75) is 116 Å². The van der Waals surface area contributed by atoms with Crippen molar-refractivity contribution in [1.29, 1.82) is 0 Å². The standard InChI is InChI=1S/C35H64N4O8/c1-23-20-35(7,44-11)31(47-32-29(41)28(36(8)9)19-24(2)46-32)25(3)30(42)34(5,6)33(43)45-22-27(37(10)21-23)13-12-14-38-15-17-39(18-16-38)26(4)40/h23-25,27-29,31-32,41H,12-22H2,1-11H3/t23-,24-,25+,27+,28+,29-,31-,32+,35-/m1/s1. The van der Waals surface area contributed by atoms with Crippen molar-refractivity contribution in [2.75, 3.05) is 74.1 Å². The van der Waals surface area contributed by atoms with E-state index in [1.807, 2.05) is 37.7 Å². The molecule has 12 nitrogen and oxygen atoms in total. The molecule has 0 spiro atoms. The number of esters is 1. The van der Waals surface area contributed by atoms with Crippen LogP contribution in [0.1, 0.15) is 74.1 Å². The first kappa shape index (κ1) is 39.8. The quantitative estimate of drug-likeness (QED) is 0.303. The SMILES string of the molecule is CO[C@]1(C)C[C@@H](C)CN(C)[C@@H](CCCN2CCN(C(C)=O)CC2)COC(=O)C(C)(C)C(=O)[C@H](C)[C@H]1O[C@@H]1O[C@H](C)C[C@H](N(C)C)[C@H]1O. The summed E-state index contributed by atoms with van der Waals surface area (Å²) < 4.78 is 24.9. The molecule has 3 fully saturated rings. The summed E-state index contributed by atoms with van der Waals surface area (Å²) in [4.78, 5) is 48.0. The molecule has 47 heavy (non-hydrogen) atoms. The maximum absolute atomic E-state index is 14.2. The van der Waals surface area contributed by atoms with Gasteiger partial charge < -0.3 is 33.9 Å². The fraction of sp³-hybridized carbons (Fsp3) is 0.914. The van der Waals surface area contributed by atoms with Crippen LogP contribution in [0.25, 0.3) is 0 Å². The Morgan fingerprint density at radius 1 is 1.09 bits per heavy atom. The van der Waals surface area contributed by atoms with Crippen LogP contribution >= 0.6 is 0 Å². The predicted molar refractivity (Wildman–Crippen MR) is 180 cm³/mol. The van der Waals surface area contributed by atoms with Gasteiger partial charge in [0.1, 0.15) is 18.1 Å². The van der Waals surface area contributed by atoms with Crippen LogP contribution in [0.4, 0.5) is 0 Å². The summed E-state index contributed by atoms with van der Waals surface area (Å²) in [7, 11) is 7.53. The molecule has 0 unspecified atom stereocenters. The van der Waals surface area contributed by atoms with Gasteiger partial charge in [-0.05, 0) is 87.0 Å². The summed E-state index contributed by atoms with van der Waals surface area (Å²) in [6.07, 6.45) is 0.0851. The molecule has 9 atom stereocenters. The zero-order chi connectivity index (χ0) is 35.3. The predicted octanol–water partition coefficient (Wildman–Crippen LogP) is 2.26. The van der Waals surface area contributed by atoms with Crippen LogP contribution < -0.4 is 0 Å². The first-order valence-corrected chi connectivity index (χ1v) is 17.5. The molecule has 3 rings (SSSR count). The van der Waals surface area contributed by atoms with Gasteiger partial charge >= 0.3 is 5.97 Å². The summed E-state index contributed by atoms with van der Waals surface area (Å²) in [5.74, 6) is -1.38. The number of carbonyl (C=O) groups excluding carboxylic acids is 3. The van der Waals surface area contributed by atoms with E-state index >= 15 is 0 Å². The highest BCUT2D eigenvalue weighted by Crippen LogP contribution is 2.38. The molecule has 3 saturated heterocycles. The number of ether oxygens (including phenoxy) is 4. The third-order valence-electron chi connectivity index (χ3n) is 10.8. The molecule has 0 saturated carbocycles. The third kappa shape index (κ3) is 9.95. The normalized spacial score (nSPS) is 37.2. The fourth-order valence-electron chi connectivity index (χ4n) is 7.73. The molecule has 0 aromatic carbocycles. The van der Waals surface area contributed by atoms with Crippen LogP contribution in [0, 0.1) is 17.3 Å². The number of cyclic esters (lactones) is 1. The van der Waals surface area contributed by atoms with E-state index in [-0.39, 0.29) is 42.4 Å². The Hall–Kier alpha value is -1.67. The first-order valence-electron chi connectivity index (χ1n) is 17.5. The average molecular weight is 669 g/mol. The minimum Gasteiger partial charge on any atom is -0.463 e. The Morgan fingerprint density at radius 3 is 2.30 bits per heavy atom. The summed E-state index contributed by atoms with van der Waals surface area (Å²) in [5, 5.41) is 11.3. The molecule has 0 bridgehead atoms. The van der Waals surface area contributed by atoms with E-state index in [0.29, 0.717) is 12.8 Å². The number of methoxy groups -OCH3 is 1. The third-order valence-corrected chi connectivity index (χ3v) is 10.8. The lowest BCUT2D eigenvalue weighted by Gasteiger charge is -2.47. The number of ketones is 1. The number of piperazine rings is 1. The maximum Gasteiger partial charge on any atom is 0.319 e. The van der Waals surface area contributed by atoms with E-state index in [9.17, 15) is 19.5 Å². The Morgan fingerprint density at radius 2 is 1.72 bits per heavy atom. The van der Waals surface area contributed by atoms with Gasteiger partial charge in [-0.25, -0.2) is 0 Å². The second-order valence-corrected chi connectivity index (χ2v) is 15.4. The van der Waals surface area contributed by atoms with Gasteiger partial charge in [-0.15, -0.1) is 0 Å². The lowest BCUT2D eigenvalue weighted by atomic mass is 9.74. The molecule has 3 aliphatic heterocycles. The summed E-state index contributed by atoms with van der Waals surface area (Å²) in [6.45, 7) is 17.7. The summed E-state index contributed by atoms with van der Waals surface area (Å²) in [6, 6.07) is -0.209. The largest absolute Gasteiger partial charge is 0.463 e. The molecular weight excluding hydrogens is 604 g/mol. The van der Waals surface area contributed by atoms with Crippen molar-refractivity contribution >= 4 is 17.7 Å². The van der Waals surface area contributed by atoms with Gasteiger partial charge in [-0.1, -0.05) is 13.8 Å². The second-order valence-electron chi connectivity index (χ2n) is 15.4. The molecule has 12 heteroatoms. The van der Waals surface area contributed by atoms with Crippen LogP contribution in [0.2, 0.25) is 0 Å². The zero-order valence-electron chi connectivity index (χ0n) is 31.0. The lowest BCUT2D eigenvalue weighted by Crippen LogP contribution is -2.59. The Bertz CT molecular complexity index is 1050. The van der Waals surface area contributed by atoms with E-state index in [0.717, 1.165) is 52.1 Å². The van der Waals surface area contributed by atoms with Gasteiger partial charge in [-0.3, -0.25) is 24.2 Å². The molecule has 0 aromatic rings. The Kier molecular flexibility index (Phi) is 14.2. The highest BCUT2D eigenvalue weighted by Gasteiger charge is 2.51. The molecule has 0 radical (unpaired) electrons. The topological polar surface area (TPSA) is 121 Å². The Balaban J connectivity index is 1.83. The number of amides is 1. The molecule has 0 aliphatic carbocycles. The highest BCUT2D eigenvalue weighted by atomic mass is 16.7. The fourth-order valence-corrected chi connectivity index (χ4v) is 7.73. The number of aliphatic hydroxyl groups is 1. The minimum absolute atomic E-state index is 0.0277. The summed E-state index contributed by atoms with van der Waals surface area (Å²) in [5.41, 5.74) is -2.36. The van der Waals surface area contributed by atoms with Gasteiger partial charge in [0.25, 0.3) is 0 Å². The number of likely N-dealkylation sites (N-methyl/N-ethyl adjacent to an activating group) is 2. The van der Waals surface area contributed by atoms with Crippen molar-refractivity contribution < 1.29 is 38.4 Å². The number of aliphatic hydroxyl groups excluding tert-OH is 1. The Labute approximate surface area is 283 Å². The van der Waals surface area contributed by atoms with Crippen molar-refractivity contribution in [1.82, 2.24) is 19.6 Å². The van der Waals surface area contributed by atoms with Crippen LogP contribution in [-0.4, -0.2) is 159 Å². The van der Waals surface area contributed by atoms with E-state index < -0.39 is 41.4 Å². The van der Waals surface area contributed by atoms with Gasteiger partial charge in [0, 0.05) is 64.8 Å². The van der Waals surface area contributed by atoms with Crippen LogP contribution in [0.3, 0.4) is 0 Å². The van der Waals surface area contributed by atoms with Crippen molar-refractivity contribution in [2.24, 2.45) is 17.3 Å². The molecule has 1 amide bonds. The molecular formula is C35H64N4O8. The minimum atomic E-state index is -1.43. The smallest absolute Gasteiger partial charge is 0.319 e. The number of hydrogen-bond donors (Lipinski definition) is 1. The van der Waals surface area contributed by atoms with Crippen molar-refractivity contribution in [3.63, 3.8) is 0 Å². The zero-order valence-corrected chi connectivity index (χ0v) is 31.0. The second kappa shape index (κ2) is 16.8. The number of Topliss-reactive ketones (excluding diaryl/α,β-unsaturated/α-hetero) is 1. The summed E-state index contributed by atoms with van der Waals surface area (Å²) >= 11 is 0. The maximum atomic E-state index is 14.2. The first-order chi connectivity index (χ1) is 21.9. The molecule has 3 heterocycles. The molecule has 272 valence electrons. The van der Waals surface area contributed by atoms with Crippen molar-refractivity contribution in [3.8, 4) is 0 Å². The van der Waals surface area contributed by atoms with Gasteiger partial charge in [0.15, 0.2) is 12.1 Å². The highest BCUT2D eigenvalue weighted by molar-refractivity contribution is 6.04. The van der Waals surface area contributed by atoms with E-state index in [1.165, 1.54) is 0 Å². The van der Waals surface area contributed by atoms with Crippen molar-refractivity contribution in [3.05, 3.63) is 0 Å². The number of hydrogen-bond acceptors (Lipinski definition) is 11. The van der Waals surface area contributed by atoms with Crippen LogP contribution in [0.5, 0.6) is 0 Å². The molecule has 0 aromatic heterocycles. The number of rotatable bonds is 8. The van der Waals surface area contributed by atoms with Gasteiger partial charge in [-0.2, -0.15) is 0 Å². The van der Waals surface area contributed by atoms with Crippen LogP contribution in [0.15, 0.2) is 0 Å². The number of nitrogens with zero attached hydrogens (tertiary/aromatic N) is 4. The van der Waals surface area contributed by atoms with Gasteiger partial charge in [0.05, 0.1) is 17.8 Å². The van der Waals surface area contributed by atoms with E-state index in [2.05, 4.69) is 23.8 Å². The van der Waals surface area contributed by atoms with E-state index in [1.54, 1.807) is 34.8 Å².